The van der Waals surface area contributed by atoms with Gasteiger partial charge in [0.1, 0.15) is 5.82 Å². The molecule has 0 bridgehead atoms. The molecule has 0 saturated carbocycles. The van der Waals surface area contributed by atoms with Crippen LogP contribution in [-0.2, 0) is 15.0 Å². The lowest BCUT2D eigenvalue weighted by molar-refractivity contribution is -0.126. The largest absolute Gasteiger partial charge is 0.369 e. The molecule has 0 radical (unpaired) electrons. The predicted molar refractivity (Wildman–Crippen MR) is 136 cm³/mol. The fraction of sp³-hybridized carbons (Fsp3) is 0.720. The van der Waals surface area contributed by atoms with Gasteiger partial charge in [0.2, 0.25) is 5.91 Å². The first-order valence-corrected chi connectivity index (χ1v) is 14.6. The van der Waals surface area contributed by atoms with Crippen molar-refractivity contribution in [2.45, 2.75) is 44.9 Å². The average molecular weight is 510 g/mol. The summed E-state index contributed by atoms with van der Waals surface area (Å²) in [6.07, 6.45) is 6.33. The Kier molecular flexibility index (Phi) is 9.38. The third-order valence-corrected chi connectivity index (χ3v) is 9.49. The molecule has 1 N–H and O–H groups in total. The van der Waals surface area contributed by atoms with E-state index in [9.17, 15) is 17.6 Å². The van der Waals surface area contributed by atoms with Crippen LogP contribution in [0.4, 0.5) is 10.1 Å². The van der Waals surface area contributed by atoms with E-state index in [4.69, 9.17) is 0 Å². The lowest BCUT2D eigenvalue weighted by Crippen LogP contribution is -2.51. The summed E-state index contributed by atoms with van der Waals surface area (Å²) in [5.41, 5.74) is 1.05. The van der Waals surface area contributed by atoms with Crippen molar-refractivity contribution in [2.24, 2.45) is 5.92 Å². The topological polar surface area (TPSA) is 76.2 Å². The number of hydrogen-bond acceptors (Lipinski definition) is 5. The second-order valence-electron chi connectivity index (χ2n) is 9.97. The van der Waals surface area contributed by atoms with Gasteiger partial charge in [-0.05, 0) is 62.9 Å². The lowest BCUT2D eigenvalue weighted by Gasteiger charge is -2.36. The zero-order valence-electron chi connectivity index (χ0n) is 20.7. The van der Waals surface area contributed by atoms with Crippen LogP contribution in [0.2, 0.25) is 0 Å². The molecule has 0 spiro atoms. The number of nitrogens with zero attached hydrogens (tertiary/aromatic N) is 4. The van der Waals surface area contributed by atoms with Crippen molar-refractivity contribution in [3.05, 3.63) is 30.1 Å². The number of nitrogens with one attached hydrogen (secondary N) is 1. The molecule has 1 aromatic rings. The van der Waals surface area contributed by atoms with Gasteiger partial charge in [0.25, 0.3) is 10.2 Å². The minimum atomic E-state index is -3.48. The van der Waals surface area contributed by atoms with Crippen LogP contribution in [0.5, 0.6) is 0 Å². The molecule has 196 valence electrons. The van der Waals surface area contributed by atoms with Gasteiger partial charge in [-0.3, -0.25) is 9.69 Å². The molecule has 0 aromatic heterocycles. The number of hydrogen-bond donors (Lipinski definition) is 1. The molecule has 8 nitrogen and oxygen atoms in total. The highest BCUT2D eigenvalue weighted by Crippen LogP contribution is 2.23. The van der Waals surface area contributed by atoms with E-state index in [-0.39, 0.29) is 24.2 Å². The standard InChI is InChI=1S/C25H40FN5O3S/c26-23-8-10-24(11-9-23)29-19-17-28(18-20-29)13-6-12-27-25(32)22-7-5-16-31(21-22)35(33,34)30-14-3-1-2-4-15-30/h8-11,22H,1-7,12-21H2,(H,27,32). The first-order chi connectivity index (χ1) is 16.9. The lowest BCUT2D eigenvalue weighted by atomic mass is 9.99. The van der Waals surface area contributed by atoms with Gasteiger partial charge < -0.3 is 10.2 Å². The van der Waals surface area contributed by atoms with E-state index in [2.05, 4.69) is 15.1 Å². The molecule has 0 aliphatic carbocycles. The first-order valence-electron chi connectivity index (χ1n) is 13.2. The Hall–Kier alpha value is -1.75. The van der Waals surface area contributed by atoms with Crippen molar-refractivity contribution < 1.29 is 17.6 Å². The quantitative estimate of drug-likeness (QED) is 0.545. The highest BCUT2D eigenvalue weighted by molar-refractivity contribution is 7.86. The fourth-order valence-corrected chi connectivity index (χ4v) is 7.12. The summed E-state index contributed by atoms with van der Waals surface area (Å²) in [5, 5.41) is 3.05. The van der Waals surface area contributed by atoms with Crippen molar-refractivity contribution >= 4 is 21.8 Å². The minimum absolute atomic E-state index is 0.0260. The number of piperidine rings is 1. The molecule has 3 aliphatic rings. The molecule has 1 amide bonds. The fourth-order valence-electron chi connectivity index (χ4n) is 5.34. The van der Waals surface area contributed by atoms with Crippen LogP contribution in [0.15, 0.2) is 24.3 Å². The van der Waals surface area contributed by atoms with E-state index in [0.717, 1.165) is 83.4 Å². The Morgan fingerprint density at radius 1 is 0.886 bits per heavy atom. The normalized spacial score (nSPS) is 23.7. The number of anilines is 1. The molecule has 1 unspecified atom stereocenters. The Bertz CT molecular complexity index is 914. The van der Waals surface area contributed by atoms with Gasteiger partial charge in [-0.25, -0.2) is 4.39 Å². The highest BCUT2D eigenvalue weighted by Gasteiger charge is 2.35. The Labute approximate surface area is 209 Å². The van der Waals surface area contributed by atoms with Gasteiger partial charge in [-0.1, -0.05) is 12.8 Å². The predicted octanol–water partition coefficient (Wildman–Crippen LogP) is 2.29. The SMILES string of the molecule is O=C(NCCCN1CCN(c2ccc(F)cc2)CC1)C1CCCN(S(=O)(=O)N2CCCCCC2)C1. The number of benzene rings is 1. The summed E-state index contributed by atoms with van der Waals surface area (Å²) >= 11 is 0. The first kappa shape index (κ1) is 26.3. The molecule has 4 rings (SSSR count). The smallest absolute Gasteiger partial charge is 0.281 e. The molecular weight excluding hydrogens is 469 g/mol. The molecule has 3 saturated heterocycles. The second-order valence-corrected chi connectivity index (χ2v) is 11.9. The van der Waals surface area contributed by atoms with E-state index in [1.54, 1.807) is 4.31 Å². The molecule has 3 aliphatic heterocycles. The van der Waals surface area contributed by atoms with Crippen LogP contribution < -0.4 is 10.2 Å². The highest BCUT2D eigenvalue weighted by atomic mass is 32.2. The monoisotopic (exact) mass is 509 g/mol. The van der Waals surface area contributed by atoms with Crippen LogP contribution in [0.1, 0.15) is 44.9 Å². The summed E-state index contributed by atoms with van der Waals surface area (Å²) in [6, 6.07) is 6.65. The molecule has 1 aromatic carbocycles. The van der Waals surface area contributed by atoms with Crippen LogP contribution in [0.25, 0.3) is 0 Å². The van der Waals surface area contributed by atoms with E-state index in [0.29, 0.717) is 26.2 Å². The van der Waals surface area contributed by atoms with E-state index in [1.165, 1.54) is 16.4 Å². The summed E-state index contributed by atoms with van der Waals surface area (Å²) in [5.74, 6) is -0.513. The summed E-state index contributed by atoms with van der Waals surface area (Å²) < 4.78 is 42.5. The van der Waals surface area contributed by atoms with E-state index >= 15 is 0 Å². The van der Waals surface area contributed by atoms with Crippen LogP contribution in [0, 0.1) is 11.7 Å². The van der Waals surface area contributed by atoms with Crippen molar-refractivity contribution in [3.63, 3.8) is 0 Å². The Balaban J connectivity index is 1.15. The molecule has 1 atom stereocenters. The van der Waals surface area contributed by atoms with Gasteiger partial charge in [0, 0.05) is 64.6 Å². The van der Waals surface area contributed by atoms with E-state index in [1.807, 2.05) is 12.1 Å². The molecule has 3 fully saturated rings. The van der Waals surface area contributed by atoms with Gasteiger partial charge in [0.15, 0.2) is 0 Å². The zero-order valence-corrected chi connectivity index (χ0v) is 21.5. The molecule has 10 heteroatoms. The summed E-state index contributed by atoms with van der Waals surface area (Å²) in [4.78, 5) is 17.4. The molecule has 3 heterocycles. The van der Waals surface area contributed by atoms with Crippen LogP contribution in [-0.4, -0.2) is 93.3 Å². The zero-order chi connectivity index (χ0) is 24.7. The maximum atomic E-state index is 13.1. The second kappa shape index (κ2) is 12.5. The Morgan fingerprint density at radius 3 is 2.23 bits per heavy atom. The van der Waals surface area contributed by atoms with Gasteiger partial charge in [-0.15, -0.1) is 0 Å². The van der Waals surface area contributed by atoms with Crippen LogP contribution >= 0.6 is 0 Å². The summed E-state index contributed by atoms with van der Waals surface area (Å²) in [6.45, 7) is 7.19. The van der Waals surface area contributed by atoms with Gasteiger partial charge in [-0.2, -0.15) is 17.0 Å². The van der Waals surface area contributed by atoms with E-state index < -0.39 is 10.2 Å². The van der Waals surface area contributed by atoms with Gasteiger partial charge in [0.05, 0.1) is 5.92 Å². The maximum Gasteiger partial charge on any atom is 0.281 e. The third kappa shape index (κ3) is 7.15. The number of piperazine rings is 1. The number of halogens is 1. The molecular formula is C25H40FN5O3S. The maximum absolute atomic E-state index is 13.1. The average Bonchev–Trinajstić information content (AvgIpc) is 3.18. The minimum Gasteiger partial charge on any atom is -0.369 e. The van der Waals surface area contributed by atoms with Crippen molar-refractivity contribution in [1.29, 1.82) is 0 Å². The van der Waals surface area contributed by atoms with Gasteiger partial charge >= 0.3 is 0 Å². The number of carbonyl (C=O) groups excluding carboxylic acids is 1. The number of amides is 1. The number of rotatable bonds is 8. The van der Waals surface area contributed by atoms with Crippen molar-refractivity contribution in [3.8, 4) is 0 Å². The van der Waals surface area contributed by atoms with Crippen molar-refractivity contribution in [1.82, 2.24) is 18.8 Å². The molecule has 35 heavy (non-hydrogen) atoms. The summed E-state index contributed by atoms with van der Waals surface area (Å²) in [7, 11) is -3.48. The third-order valence-electron chi connectivity index (χ3n) is 7.49. The van der Waals surface area contributed by atoms with Crippen molar-refractivity contribution in [2.75, 3.05) is 70.3 Å². The van der Waals surface area contributed by atoms with Crippen LogP contribution in [0.3, 0.4) is 0 Å². The number of carbonyl (C=O) groups is 1. The Morgan fingerprint density at radius 2 is 1.54 bits per heavy atom.